The number of ether oxygens (including phenoxy) is 1. The lowest BCUT2D eigenvalue weighted by atomic mass is 9.86. The number of allylic oxidation sites excluding steroid dienone is 3. The Labute approximate surface area is 105 Å². The van der Waals surface area contributed by atoms with E-state index >= 15 is 0 Å². The van der Waals surface area contributed by atoms with Crippen molar-refractivity contribution < 1.29 is 9.53 Å². The number of hydrogen-bond acceptors (Lipinski definition) is 2. The quantitative estimate of drug-likeness (QED) is 0.514. The van der Waals surface area contributed by atoms with Crippen molar-refractivity contribution >= 4 is 5.97 Å². The van der Waals surface area contributed by atoms with Gasteiger partial charge >= 0.3 is 5.97 Å². The summed E-state index contributed by atoms with van der Waals surface area (Å²) in [4.78, 5) is 11.4. The molecule has 1 aliphatic carbocycles. The van der Waals surface area contributed by atoms with Gasteiger partial charge in [-0.2, -0.15) is 0 Å². The third kappa shape index (κ3) is 5.71. The summed E-state index contributed by atoms with van der Waals surface area (Å²) in [5.41, 5.74) is 2.65. The van der Waals surface area contributed by atoms with Crippen LogP contribution in [0.4, 0.5) is 0 Å². The Morgan fingerprint density at radius 1 is 1.24 bits per heavy atom. The molecule has 0 amide bonds. The molecule has 0 heterocycles. The largest absolute Gasteiger partial charge is 0.461 e. The van der Waals surface area contributed by atoms with Crippen LogP contribution in [0, 0.1) is 5.92 Å². The van der Waals surface area contributed by atoms with Gasteiger partial charge in [-0.15, -0.1) is 0 Å². The van der Waals surface area contributed by atoms with Crippen LogP contribution in [0.15, 0.2) is 23.3 Å². The van der Waals surface area contributed by atoms with Crippen LogP contribution in [-0.2, 0) is 9.53 Å². The second kappa shape index (κ2) is 7.31. The maximum absolute atomic E-state index is 11.4. The molecule has 1 rings (SSSR count). The predicted molar refractivity (Wildman–Crippen MR) is 70.7 cm³/mol. The molecule has 0 spiro atoms. The van der Waals surface area contributed by atoms with Crippen LogP contribution in [0.3, 0.4) is 0 Å². The Balaban J connectivity index is 2.14. The number of esters is 1. The molecule has 0 aliphatic heterocycles. The van der Waals surface area contributed by atoms with Gasteiger partial charge in [0.15, 0.2) is 0 Å². The van der Waals surface area contributed by atoms with Crippen LogP contribution < -0.4 is 0 Å². The van der Waals surface area contributed by atoms with E-state index < -0.39 is 0 Å². The van der Waals surface area contributed by atoms with Gasteiger partial charge in [-0.05, 0) is 52.5 Å². The highest BCUT2D eigenvalue weighted by Crippen LogP contribution is 2.27. The summed E-state index contributed by atoms with van der Waals surface area (Å²) in [6.07, 6.45) is 9.59. The van der Waals surface area contributed by atoms with E-state index in [1.54, 1.807) is 0 Å². The zero-order chi connectivity index (χ0) is 12.7. The molecule has 1 fully saturated rings. The molecule has 2 heteroatoms. The fourth-order valence-corrected chi connectivity index (χ4v) is 1.72. The number of carbonyl (C=O) groups is 1. The van der Waals surface area contributed by atoms with Crippen molar-refractivity contribution in [3.63, 3.8) is 0 Å². The fourth-order valence-electron chi connectivity index (χ4n) is 1.72. The zero-order valence-electron chi connectivity index (χ0n) is 11.3. The van der Waals surface area contributed by atoms with Crippen molar-refractivity contribution in [2.24, 2.45) is 5.92 Å². The van der Waals surface area contributed by atoms with Crippen LogP contribution >= 0.6 is 0 Å². The molecule has 96 valence electrons. The lowest BCUT2D eigenvalue weighted by molar-refractivity contribution is -0.150. The van der Waals surface area contributed by atoms with Crippen LogP contribution in [0.25, 0.3) is 0 Å². The van der Waals surface area contributed by atoms with Crippen molar-refractivity contribution in [2.75, 3.05) is 6.61 Å². The van der Waals surface area contributed by atoms with Gasteiger partial charge in [-0.25, -0.2) is 0 Å². The van der Waals surface area contributed by atoms with Crippen molar-refractivity contribution in [3.8, 4) is 0 Å². The first-order valence-corrected chi connectivity index (χ1v) is 6.55. The summed E-state index contributed by atoms with van der Waals surface area (Å²) in [6.45, 7) is 6.75. The molecule has 0 unspecified atom stereocenters. The predicted octanol–water partition coefficient (Wildman–Crippen LogP) is 4.02. The van der Waals surface area contributed by atoms with Crippen LogP contribution in [0.2, 0.25) is 0 Å². The van der Waals surface area contributed by atoms with E-state index in [9.17, 15) is 4.79 Å². The third-order valence-corrected chi connectivity index (χ3v) is 3.19. The minimum absolute atomic E-state index is 0.00963. The second-order valence-corrected chi connectivity index (χ2v) is 5.13. The Kier molecular flexibility index (Phi) is 6.03. The van der Waals surface area contributed by atoms with Gasteiger partial charge in [0.25, 0.3) is 0 Å². The van der Waals surface area contributed by atoms with Gasteiger partial charge in [-0.1, -0.05) is 23.6 Å². The first-order chi connectivity index (χ1) is 8.09. The second-order valence-electron chi connectivity index (χ2n) is 5.13. The third-order valence-electron chi connectivity index (χ3n) is 3.19. The van der Waals surface area contributed by atoms with Crippen LogP contribution in [0.5, 0.6) is 0 Å². The van der Waals surface area contributed by atoms with E-state index in [4.69, 9.17) is 4.74 Å². The molecule has 1 saturated carbocycles. The number of hydrogen-bond donors (Lipinski definition) is 0. The summed E-state index contributed by atoms with van der Waals surface area (Å²) >= 11 is 0. The molecule has 17 heavy (non-hydrogen) atoms. The summed E-state index contributed by atoms with van der Waals surface area (Å²) in [6, 6.07) is 0. The zero-order valence-corrected chi connectivity index (χ0v) is 11.3. The maximum atomic E-state index is 11.4. The molecule has 0 aromatic rings. The molecule has 2 nitrogen and oxygen atoms in total. The standard InChI is InChI=1S/C15H24O2/c1-12(2)6-4-7-13(3)10-11-17-15(16)14-8-5-9-14/h6,10,14H,4-5,7-9,11H2,1-3H3/b13-10-. The Bertz CT molecular complexity index is 305. The van der Waals surface area contributed by atoms with Gasteiger partial charge < -0.3 is 4.74 Å². The minimum Gasteiger partial charge on any atom is -0.461 e. The first-order valence-electron chi connectivity index (χ1n) is 6.55. The normalized spacial score (nSPS) is 16.3. The smallest absolute Gasteiger partial charge is 0.309 e. The summed E-state index contributed by atoms with van der Waals surface area (Å²) in [7, 11) is 0. The molecule has 0 N–H and O–H groups in total. The lowest BCUT2D eigenvalue weighted by Gasteiger charge is -2.22. The highest BCUT2D eigenvalue weighted by atomic mass is 16.5. The van der Waals surface area contributed by atoms with E-state index in [1.165, 1.54) is 17.6 Å². The van der Waals surface area contributed by atoms with Crippen molar-refractivity contribution in [1.29, 1.82) is 0 Å². The van der Waals surface area contributed by atoms with Crippen molar-refractivity contribution in [3.05, 3.63) is 23.3 Å². The van der Waals surface area contributed by atoms with Crippen molar-refractivity contribution in [2.45, 2.75) is 52.9 Å². The minimum atomic E-state index is -0.00963. The molecule has 0 radical (unpaired) electrons. The average Bonchev–Trinajstić information content (AvgIpc) is 2.14. The maximum Gasteiger partial charge on any atom is 0.309 e. The number of carbonyl (C=O) groups excluding carboxylic acids is 1. The van der Waals surface area contributed by atoms with Gasteiger partial charge in [0.05, 0.1) is 5.92 Å². The molecule has 1 aliphatic rings. The lowest BCUT2D eigenvalue weighted by Crippen LogP contribution is -2.24. The molecule has 0 bridgehead atoms. The Hall–Kier alpha value is -1.05. The molecule has 0 aromatic heterocycles. The topological polar surface area (TPSA) is 26.3 Å². The molecular weight excluding hydrogens is 212 g/mol. The van der Waals surface area contributed by atoms with Crippen LogP contribution in [-0.4, -0.2) is 12.6 Å². The van der Waals surface area contributed by atoms with E-state index in [0.29, 0.717) is 6.61 Å². The molecule has 0 atom stereocenters. The van der Waals surface area contributed by atoms with E-state index in [1.807, 2.05) is 6.08 Å². The van der Waals surface area contributed by atoms with Gasteiger partial charge in [0.2, 0.25) is 0 Å². The number of rotatable bonds is 6. The van der Waals surface area contributed by atoms with E-state index in [0.717, 1.165) is 25.7 Å². The highest BCUT2D eigenvalue weighted by Gasteiger charge is 2.26. The fraction of sp³-hybridized carbons (Fsp3) is 0.667. The van der Waals surface area contributed by atoms with Crippen molar-refractivity contribution in [1.82, 2.24) is 0 Å². The monoisotopic (exact) mass is 236 g/mol. The van der Waals surface area contributed by atoms with Crippen LogP contribution in [0.1, 0.15) is 52.9 Å². The Morgan fingerprint density at radius 3 is 2.47 bits per heavy atom. The summed E-state index contributed by atoms with van der Waals surface area (Å²) in [5, 5.41) is 0. The van der Waals surface area contributed by atoms with E-state index in [2.05, 4.69) is 26.8 Å². The van der Waals surface area contributed by atoms with Gasteiger partial charge in [0.1, 0.15) is 6.61 Å². The first kappa shape index (κ1) is 14.0. The molecule has 0 aromatic carbocycles. The summed E-state index contributed by atoms with van der Waals surface area (Å²) < 4.78 is 5.21. The van der Waals surface area contributed by atoms with Gasteiger partial charge in [0, 0.05) is 0 Å². The highest BCUT2D eigenvalue weighted by molar-refractivity contribution is 5.73. The molecular formula is C15H24O2. The SMILES string of the molecule is CC(C)=CCC/C(C)=C\COC(=O)C1CCC1. The average molecular weight is 236 g/mol. The summed E-state index contributed by atoms with van der Waals surface area (Å²) in [5.74, 6) is 0.180. The Morgan fingerprint density at radius 2 is 1.94 bits per heavy atom. The van der Waals surface area contributed by atoms with Gasteiger partial charge in [-0.3, -0.25) is 4.79 Å². The molecule has 0 saturated heterocycles. The van der Waals surface area contributed by atoms with E-state index in [-0.39, 0.29) is 11.9 Å².